The topological polar surface area (TPSA) is 77.1 Å². The first-order valence-electron chi connectivity index (χ1n) is 16.0. The first-order chi connectivity index (χ1) is 21.1. The molecule has 3 fully saturated rings. The number of nitrogens with one attached hydrogen (secondary N) is 1. The molecule has 7 nitrogen and oxygen atoms in total. The smallest absolute Gasteiger partial charge is 0.255 e. The maximum atomic E-state index is 13.6. The first kappa shape index (κ1) is 25.6. The van der Waals surface area contributed by atoms with Crippen LogP contribution in [0.3, 0.4) is 0 Å². The maximum Gasteiger partial charge on any atom is 0.255 e. The number of hydrogen-bond donors (Lipinski definition) is 1. The molecule has 7 heteroatoms. The van der Waals surface area contributed by atoms with Crippen LogP contribution in [0, 0.1) is 11.8 Å². The van der Waals surface area contributed by atoms with E-state index in [0.717, 1.165) is 66.3 Å². The van der Waals surface area contributed by atoms with Crippen molar-refractivity contribution >= 4 is 11.7 Å². The zero-order valence-electron chi connectivity index (χ0n) is 24.3. The van der Waals surface area contributed by atoms with E-state index in [1.807, 2.05) is 24.3 Å². The fraction of sp³-hybridized carbons (Fsp3) is 0.444. The number of rotatable bonds is 7. The van der Waals surface area contributed by atoms with Gasteiger partial charge in [0.15, 0.2) is 23.4 Å². The van der Waals surface area contributed by atoms with Gasteiger partial charge in [0.1, 0.15) is 5.75 Å². The summed E-state index contributed by atoms with van der Waals surface area (Å²) in [6, 6.07) is 19.0. The molecular formula is C36H36N2O5. The highest BCUT2D eigenvalue weighted by atomic mass is 16.7. The highest BCUT2D eigenvalue weighted by molar-refractivity contribution is 5.99. The number of nitrogens with zero attached hydrogens (tertiary/aromatic N) is 1. The molecule has 3 heterocycles. The lowest BCUT2D eigenvalue weighted by molar-refractivity contribution is -0.138. The van der Waals surface area contributed by atoms with E-state index in [9.17, 15) is 9.59 Å². The number of carbonyl (C=O) groups is 2. The van der Waals surface area contributed by atoms with Crippen molar-refractivity contribution in [2.75, 3.05) is 26.4 Å². The summed E-state index contributed by atoms with van der Waals surface area (Å²) in [6.07, 6.45) is 6.46. The Labute approximate surface area is 251 Å². The van der Waals surface area contributed by atoms with Gasteiger partial charge in [-0.15, -0.1) is 0 Å². The van der Waals surface area contributed by atoms with Gasteiger partial charge in [0.25, 0.3) is 5.91 Å². The van der Waals surface area contributed by atoms with Crippen LogP contribution in [0.5, 0.6) is 17.2 Å². The van der Waals surface area contributed by atoms with E-state index < -0.39 is 6.10 Å². The third kappa shape index (κ3) is 3.97. The van der Waals surface area contributed by atoms with E-state index in [1.165, 1.54) is 30.5 Å². The van der Waals surface area contributed by atoms with Gasteiger partial charge >= 0.3 is 0 Å². The van der Waals surface area contributed by atoms with Crippen molar-refractivity contribution in [3.8, 4) is 28.4 Å². The molecule has 4 atom stereocenters. The summed E-state index contributed by atoms with van der Waals surface area (Å²) in [6.45, 7) is 3.00. The summed E-state index contributed by atoms with van der Waals surface area (Å²) < 4.78 is 17.5. The molecule has 2 bridgehead atoms. The number of benzene rings is 3. The highest BCUT2D eigenvalue weighted by Gasteiger charge is 2.66. The molecule has 1 saturated heterocycles. The second-order valence-corrected chi connectivity index (χ2v) is 13.4. The van der Waals surface area contributed by atoms with Crippen LogP contribution in [-0.2, 0) is 23.1 Å². The van der Waals surface area contributed by atoms with E-state index in [1.54, 1.807) is 0 Å². The minimum Gasteiger partial charge on any atom is -0.481 e. The third-order valence-corrected chi connectivity index (χ3v) is 11.0. The lowest BCUT2D eigenvalue weighted by Crippen LogP contribution is -2.66. The van der Waals surface area contributed by atoms with Crippen LogP contribution in [0.2, 0.25) is 0 Å². The van der Waals surface area contributed by atoms with Gasteiger partial charge in [0.2, 0.25) is 6.79 Å². The van der Waals surface area contributed by atoms with E-state index >= 15 is 0 Å². The summed E-state index contributed by atoms with van der Waals surface area (Å²) in [5.41, 5.74) is 6.12. The van der Waals surface area contributed by atoms with Crippen molar-refractivity contribution in [3.63, 3.8) is 0 Å². The average Bonchev–Trinajstić information content (AvgIpc) is 3.59. The molecule has 1 N–H and O–H groups in total. The molecule has 1 unspecified atom stereocenters. The van der Waals surface area contributed by atoms with Crippen LogP contribution in [0.4, 0.5) is 0 Å². The SMILES string of the molecule is O=C(NCCc1ccc(-c2ccc3c(c2)OCO3)cc1)c1ccc2c3c1OC1C(=O)CC[C@H]4[C@@H](C2)N(CC2CC2)CC[C@]314. The number of fused-ring (bicyclic) bond motifs is 1. The average molecular weight is 577 g/mol. The molecular weight excluding hydrogens is 540 g/mol. The minimum atomic E-state index is -0.442. The number of ketones is 1. The molecule has 2 saturated carbocycles. The number of amides is 1. The van der Waals surface area contributed by atoms with E-state index in [4.69, 9.17) is 14.2 Å². The molecule has 1 amide bonds. The molecule has 1 spiro atoms. The summed E-state index contributed by atoms with van der Waals surface area (Å²) >= 11 is 0. The van der Waals surface area contributed by atoms with Crippen LogP contribution < -0.4 is 19.5 Å². The maximum absolute atomic E-state index is 13.6. The fourth-order valence-electron chi connectivity index (χ4n) is 8.82. The monoisotopic (exact) mass is 576 g/mol. The van der Waals surface area contributed by atoms with Crippen LogP contribution in [0.15, 0.2) is 54.6 Å². The quantitative estimate of drug-likeness (QED) is 0.423. The molecule has 3 aliphatic heterocycles. The van der Waals surface area contributed by atoms with E-state index in [2.05, 4.69) is 40.5 Å². The number of piperidine rings is 1. The first-order valence-corrected chi connectivity index (χ1v) is 16.0. The summed E-state index contributed by atoms with van der Waals surface area (Å²) in [5.74, 6) is 3.61. The Kier molecular flexibility index (Phi) is 5.71. The molecule has 9 rings (SSSR count). The lowest BCUT2D eigenvalue weighted by atomic mass is 9.51. The molecule has 0 radical (unpaired) electrons. The van der Waals surface area contributed by atoms with Gasteiger partial charge in [-0.3, -0.25) is 14.5 Å². The highest BCUT2D eigenvalue weighted by Crippen LogP contribution is 2.62. The van der Waals surface area contributed by atoms with Crippen LogP contribution in [0.25, 0.3) is 11.1 Å². The van der Waals surface area contributed by atoms with Crippen molar-refractivity contribution < 1.29 is 23.8 Å². The number of Topliss-reactive ketones (excluding diaryl/α,β-unsaturated/α-hetero) is 1. The van der Waals surface area contributed by atoms with Crippen LogP contribution in [-0.4, -0.2) is 55.2 Å². The van der Waals surface area contributed by atoms with Gasteiger partial charge in [0.05, 0.1) is 5.56 Å². The number of carbonyl (C=O) groups excluding carboxylic acids is 2. The van der Waals surface area contributed by atoms with Gasteiger partial charge in [-0.05, 0) is 97.4 Å². The Morgan fingerprint density at radius 3 is 2.67 bits per heavy atom. The van der Waals surface area contributed by atoms with E-state index in [-0.39, 0.29) is 23.9 Å². The van der Waals surface area contributed by atoms with Crippen molar-refractivity contribution in [1.29, 1.82) is 0 Å². The molecule has 220 valence electrons. The van der Waals surface area contributed by atoms with Crippen molar-refractivity contribution in [3.05, 3.63) is 76.9 Å². The molecule has 0 aromatic heterocycles. The summed E-state index contributed by atoms with van der Waals surface area (Å²) in [4.78, 5) is 29.6. The Hall–Kier alpha value is -3.84. The Bertz CT molecular complexity index is 1650. The second-order valence-electron chi connectivity index (χ2n) is 13.4. The molecule has 43 heavy (non-hydrogen) atoms. The standard InChI is InChI=1S/C36H36N2O5/c39-29-11-10-27-28-17-25-7-9-26(33-32(25)36(27,34(29)43-33)14-16-38(28)19-22-1-2-22)35(40)37-15-13-21-3-5-23(6-4-21)24-8-12-30-31(18-24)42-20-41-30/h3-9,12,18,22,27-28,34H,1-2,10-11,13-17,19-20H2,(H,37,40)/t27-,28+,34?,36-/m0/s1. The predicted octanol–water partition coefficient (Wildman–Crippen LogP) is 5.07. The van der Waals surface area contributed by atoms with Crippen molar-refractivity contribution in [2.45, 2.75) is 62.5 Å². The summed E-state index contributed by atoms with van der Waals surface area (Å²) in [7, 11) is 0. The van der Waals surface area contributed by atoms with Gasteiger partial charge in [0, 0.05) is 36.5 Å². The number of ether oxygens (including phenoxy) is 3. The van der Waals surface area contributed by atoms with E-state index in [0.29, 0.717) is 36.2 Å². The predicted molar refractivity (Wildman–Crippen MR) is 161 cm³/mol. The van der Waals surface area contributed by atoms with Crippen LogP contribution >= 0.6 is 0 Å². The molecule has 3 aromatic carbocycles. The van der Waals surface area contributed by atoms with Gasteiger partial charge in [-0.2, -0.15) is 0 Å². The zero-order valence-corrected chi connectivity index (χ0v) is 24.3. The molecule has 3 aromatic rings. The van der Waals surface area contributed by atoms with Gasteiger partial charge in [-0.1, -0.05) is 36.4 Å². The molecule has 3 aliphatic carbocycles. The number of likely N-dealkylation sites (tertiary alicyclic amines) is 1. The Morgan fingerprint density at radius 2 is 1.81 bits per heavy atom. The molecule has 6 aliphatic rings. The lowest BCUT2D eigenvalue weighted by Gasteiger charge is -2.57. The fourth-order valence-corrected chi connectivity index (χ4v) is 8.82. The largest absolute Gasteiger partial charge is 0.481 e. The Balaban J connectivity index is 0.924. The van der Waals surface area contributed by atoms with Crippen LogP contribution in [0.1, 0.15) is 59.2 Å². The Morgan fingerprint density at radius 1 is 0.977 bits per heavy atom. The zero-order chi connectivity index (χ0) is 28.7. The third-order valence-electron chi connectivity index (χ3n) is 11.0. The van der Waals surface area contributed by atoms with Gasteiger partial charge in [-0.25, -0.2) is 0 Å². The van der Waals surface area contributed by atoms with Crippen molar-refractivity contribution in [1.82, 2.24) is 10.2 Å². The summed E-state index contributed by atoms with van der Waals surface area (Å²) in [5, 5.41) is 3.14. The second kappa shape index (κ2) is 9.58. The van der Waals surface area contributed by atoms with Crippen molar-refractivity contribution in [2.24, 2.45) is 11.8 Å². The minimum absolute atomic E-state index is 0.123. The normalized spacial score (nSPS) is 27.9. The number of hydrogen-bond acceptors (Lipinski definition) is 6. The van der Waals surface area contributed by atoms with Gasteiger partial charge < -0.3 is 19.5 Å².